The van der Waals surface area contributed by atoms with Gasteiger partial charge in [-0.3, -0.25) is 4.79 Å². The number of rotatable bonds is 9. The van der Waals surface area contributed by atoms with Crippen LogP contribution < -0.4 is 5.32 Å². The second kappa shape index (κ2) is 7.74. The highest BCUT2D eigenvalue weighted by Crippen LogP contribution is 2.36. The Balaban J connectivity index is 1.83. The SMILES string of the molecule is CCOC(=O)C(CCSc1nnnn1C1CC1)NC(C)C. The third-order valence-electron chi connectivity index (χ3n) is 3.10. The standard InChI is InChI=1S/C13H23N5O2S/c1-4-20-12(19)11(14-9(2)3)7-8-21-13-15-16-17-18(13)10-5-6-10/h9-11,14H,4-8H2,1-3H3. The molecule has 1 aromatic heterocycles. The molecule has 118 valence electrons. The van der Waals surface area contributed by atoms with Crippen LogP contribution in [0.1, 0.15) is 46.1 Å². The maximum atomic E-state index is 11.9. The number of nitrogens with zero attached hydrogens (tertiary/aromatic N) is 4. The van der Waals surface area contributed by atoms with Gasteiger partial charge in [0.2, 0.25) is 5.16 Å². The molecule has 1 unspecified atom stereocenters. The summed E-state index contributed by atoms with van der Waals surface area (Å²) in [7, 11) is 0. The van der Waals surface area contributed by atoms with Gasteiger partial charge in [-0.05, 0) is 36.6 Å². The summed E-state index contributed by atoms with van der Waals surface area (Å²) in [6.07, 6.45) is 3.00. The van der Waals surface area contributed by atoms with Crippen molar-refractivity contribution in [2.75, 3.05) is 12.4 Å². The highest BCUT2D eigenvalue weighted by molar-refractivity contribution is 7.99. The van der Waals surface area contributed by atoms with Gasteiger partial charge in [-0.25, -0.2) is 4.68 Å². The lowest BCUT2D eigenvalue weighted by atomic mass is 10.2. The summed E-state index contributed by atoms with van der Waals surface area (Å²) >= 11 is 1.59. The van der Waals surface area contributed by atoms with E-state index >= 15 is 0 Å². The van der Waals surface area contributed by atoms with E-state index in [0.29, 0.717) is 19.1 Å². The van der Waals surface area contributed by atoms with Crippen molar-refractivity contribution in [1.29, 1.82) is 0 Å². The number of aromatic nitrogens is 4. The molecule has 0 radical (unpaired) electrons. The molecule has 1 saturated carbocycles. The van der Waals surface area contributed by atoms with Crippen molar-refractivity contribution in [3.05, 3.63) is 0 Å². The topological polar surface area (TPSA) is 81.9 Å². The second-order valence-electron chi connectivity index (χ2n) is 5.40. The number of hydrogen-bond acceptors (Lipinski definition) is 7. The van der Waals surface area contributed by atoms with Crippen LogP contribution in [0.25, 0.3) is 0 Å². The van der Waals surface area contributed by atoms with E-state index in [1.165, 1.54) is 0 Å². The fourth-order valence-corrected chi connectivity index (χ4v) is 2.96. The van der Waals surface area contributed by atoms with E-state index < -0.39 is 0 Å². The Morgan fingerprint density at radius 2 is 2.29 bits per heavy atom. The van der Waals surface area contributed by atoms with Gasteiger partial charge in [0, 0.05) is 11.8 Å². The predicted molar refractivity (Wildman–Crippen MR) is 80.1 cm³/mol. The average Bonchev–Trinajstić information content (AvgIpc) is 3.17. The summed E-state index contributed by atoms with van der Waals surface area (Å²) in [4.78, 5) is 11.9. The van der Waals surface area contributed by atoms with Crippen molar-refractivity contribution >= 4 is 17.7 Å². The first-order valence-corrected chi connectivity index (χ1v) is 8.43. The third kappa shape index (κ3) is 4.96. The molecule has 21 heavy (non-hydrogen) atoms. The van der Waals surface area contributed by atoms with Gasteiger partial charge in [0.1, 0.15) is 6.04 Å². The first-order valence-electron chi connectivity index (χ1n) is 7.45. The van der Waals surface area contributed by atoms with E-state index in [1.807, 2.05) is 25.5 Å². The van der Waals surface area contributed by atoms with Crippen molar-refractivity contribution in [3.8, 4) is 0 Å². The quantitative estimate of drug-likeness (QED) is 0.545. The molecular formula is C13H23N5O2S. The van der Waals surface area contributed by atoms with Crippen molar-refractivity contribution < 1.29 is 9.53 Å². The van der Waals surface area contributed by atoms with Crippen LogP contribution in [0.15, 0.2) is 5.16 Å². The van der Waals surface area contributed by atoms with Crippen molar-refractivity contribution in [2.24, 2.45) is 0 Å². The highest BCUT2D eigenvalue weighted by Gasteiger charge is 2.28. The largest absolute Gasteiger partial charge is 0.465 e. The first-order chi connectivity index (χ1) is 10.1. The maximum absolute atomic E-state index is 11.9. The minimum atomic E-state index is -0.275. The molecule has 0 spiro atoms. The lowest BCUT2D eigenvalue weighted by molar-refractivity contribution is -0.145. The molecule has 1 aromatic rings. The van der Waals surface area contributed by atoms with Crippen molar-refractivity contribution in [2.45, 2.75) is 63.3 Å². The summed E-state index contributed by atoms with van der Waals surface area (Å²) in [5.41, 5.74) is 0. The second-order valence-corrected chi connectivity index (χ2v) is 6.46. The Hall–Kier alpha value is -1.15. The van der Waals surface area contributed by atoms with E-state index in [0.717, 1.165) is 23.8 Å². The molecule has 1 heterocycles. The van der Waals surface area contributed by atoms with Gasteiger partial charge in [-0.15, -0.1) is 5.10 Å². The number of hydrogen-bond donors (Lipinski definition) is 1. The zero-order valence-corrected chi connectivity index (χ0v) is 13.6. The Morgan fingerprint density at radius 1 is 1.52 bits per heavy atom. The predicted octanol–water partition coefficient (Wildman–Crippen LogP) is 1.42. The van der Waals surface area contributed by atoms with Gasteiger partial charge in [-0.1, -0.05) is 25.6 Å². The van der Waals surface area contributed by atoms with E-state index in [1.54, 1.807) is 11.8 Å². The summed E-state index contributed by atoms with van der Waals surface area (Å²) in [5.74, 6) is 0.588. The molecule has 2 rings (SSSR count). The van der Waals surface area contributed by atoms with Gasteiger partial charge < -0.3 is 10.1 Å². The lowest BCUT2D eigenvalue weighted by Crippen LogP contribution is -2.42. The zero-order valence-electron chi connectivity index (χ0n) is 12.8. The minimum absolute atomic E-state index is 0.186. The Morgan fingerprint density at radius 3 is 2.90 bits per heavy atom. The van der Waals surface area contributed by atoms with E-state index in [2.05, 4.69) is 20.8 Å². The van der Waals surface area contributed by atoms with Gasteiger partial charge in [0.05, 0.1) is 12.6 Å². The first kappa shape index (κ1) is 16.2. The van der Waals surface area contributed by atoms with Gasteiger partial charge in [0.25, 0.3) is 0 Å². The molecule has 0 aliphatic heterocycles. The third-order valence-corrected chi connectivity index (χ3v) is 4.07. The van der Waals surface area contributed by atoms with Gasteiger partial charge in [0.15, 0.2) is 0 Å². The molecule has 0 bridgehead atoms. The normalized spacial score (nSPS) is 16.2. The van der Waals surface area contributed by atoms with E-state index in [-0.39, 0.29) is 18.1 Å². The fourth-order valence-electron chi connectivity index (χ4n) is 2.01. The monoisotopic (exact) mass is 313 g/mol. The van der Waals surface area contributed by atoms with Gasteiger partial charge in [-0.2, -0.15) is 0 Å². The Kier molecular flexibility index (Phi) is 5.98. The Bertz CT molecular complexity index is 461. The van der Waals surface area contributed by atoms with Crippen molar-refractivity contribution in [3.63, 3.8) is 0 Å². The van der Waals surface area contributed by atoms with Crippen LogP contribution in [0, 0.1) is 0 Å². The molecule has 0 saturated heterocycles. The number of esters is 1. The number of carbonyl (C=O) groups excluding carboxylic acids is 1. The van der Waals surface area contributed by atoms with Crippen LogP contribution in [0.3, 0.4) is 0 Å². The Labute approximate surface area is 129 Å². The maximum Gasteiger partial charge on any atom is 0.323 e. The molecule has 1 aliphatic rings. The summed E-state index contributed by atoms with van der Waals surface area (Å²) in [6.45, 7) is 6.27. The minimum Gasteiger partial charge on any atom is -0.465 e. The molecule has 1 fully saturated rings. The van der Waals surface area contributed by atoms with Crippen LogP contribution in [0.5, 0.6) is 0 Å². The average molecular weight is 313 g/mol. The summed E-state index contributed by atoms with van der Waals surface area (Å²) in [6, 6.07) is 0.432. The number of nitrogens with one attached hydrogen (secondary N) is 1. The smallest absolute Gasteiger partial charge is 0.323 e. The van der Waals surface area contributed by atoms with Crippen LogP contribution >= 0.6 is 11.8 Å². The molecule has 8 heteroatoms. The zero-order chi connectivity index (χ0) is 15.2. The number of tetrazole rings is 1. The van der Waals surface area contributed by atoms with Crippen molar-refractivity contribution in [1.82, 2.24) is 25.5 Å². The highest BCUT2D eigenvalue weighted by atomic mass is 32.2. The number of ether oxygens (including phenoxy) is 1. The van der Waals surface area contributed by atoms with Gasteiger partial charge >= 0.3 is 5.97 Å². The van der Waals surface area contributed by atoms with E-state index in [9.17, 15) is 4.79 Å². The fraction of sp³-hybridized carbons (Fsp3) is 0.846. The molecule has 7 nitrogen and oxygen atoms in total. The van der Waals surface area contributed by atoms with E-state index in [4.69, 9.17) is 4.74 Å². The summed E-state index contributed by atoms with van der Waals surface area (Å²) in [5, 5.41) is 15.9. The molecular weight excluding hydrogens is 290 g/mol. The van der Waals surface area contributed by atoms with Crippen LogP contribution in [-0.2, 0) is 9.53 Å². The molecule has 1 atom stereocenters. The van der Waals surface area contributed by atoms with Crippen LogP contribution in [-0.4, -0.2) is 50.6 Å². The molecule has 0 amide bonds. The number of thioether (sulfide) groups is 1. The summed E-state index contributed by atoms with van der Waals surface area (Å²) < 4.78 is 7.00. The lowest BCUT2D eigenvalue weighted by Gasteiger charge is -2.19. The van der Waals surface area contributed by atoms with Crippen LogP contribution in [0.2, 0.25) is 0 Å². The molecule has 1 aliphatic carbocycles. The van der Waals surface area contributed by atoms with Crippen LogP contribution in [0.4, 0.5) is 0 Å². The molecule has 0 aromatic carbocycles. The number of carbonyl (C=O) groups is 1. The molecule has 1 N–H and O–H groups in total.